The summed E-state index contributed by atoms with van der Waals surface area (Å²) in [5.74, 6) is 2.34. The van der Waals surface area contributed by atoms with Gasteiger partial charge < -0.3 is 14.8 Å². The maximum absolute atomic E-state index is 6.06. The Hall–Kier alpha value is -3.83. The number of hydrogen-bond donors (Lipinski definition) is 1. The Balaban J connectivity index is 1.17. The molecule has 1 N–H and O–H groups in total. The molecule has 0 bridgehead atoms. The van der Waals surface area contributed by atoms with Gasteiger partial charge in [-0.25, -0.2) is 0 Å². The van der Waals surface area contributed by atoms with E-state index in [0.29, 0.717) is 29.9 Å². The Kier molecular flexibility index (Phi) is 7.25. The Labute approximate surface area is 238 Å². The van der Waals surface area contributed by atoms with Crippen LogP contribution in [0.25, 0.3) is 0 Å². The molecule has 0 fully saturated rings. The molecule has 0 radical (unpaired) electrons. The Bertz CT molecular complexity index is 1530. The third-order valence-corrected chi connectivity index (χ3v) is 8.20. The number of halogens is 1. The van der Waals surface area contributed by atoms with Gasteiger partial charge in [-0.3, -0.25) is 4.99 Å². The molecule has 1 aliphatic heterocycles. The second-order valence-corrected chi connectivity index (χ2v) is 11.1. The van der Waals surface area contributed by atoms with Crippen LogP contribution in [0.5, 0.6) is 11.5 Å². The van der Waals surface area contributed by atoms with E-state index in [1.165, 1.54) is 22.4 Å². The van der Waals surface area contributed by atoms with Crippen molar-refractivity contribution in [2.75, 3.05) is 12.4 Å². The lowest BCUT2D eigenvalue weighted by molar-refractivity contribution is 0.282. The number of anilines is 1. The molecule has 6 rings (SSSR count). The van der Waals surface area contributed by atoms with E-state index in [4.69, 9.17) is 14.5 Å². The minimum Gasteiger partial charge on any atom is -0.493 e. The average Bonchev–Trinajstić information content (AvgIpc) is 3.46. The number of ether oxygens (including phenoxy) is 2. The normalized spacial score (nSPS) is 19.4. The summed E-state index contributed by atoms with van der Waals surface area (Å²) in [4.78, 5) is 4.74. The maximum Gasteiger partial charge on any atom is 0.175 e. The number of fused-ring (bicyclic) bond motifs is 3. The number of aliphatic imine (C=N–C) groups is 1. The topological polar surface area (TPSA) is 42.8 Å². The summed E-state index contributed by atoms with van der Waals surface area (Å²) >= 11 is 3.65. The van der Waals surface area contributed by atoms with E-state index in [2.05, 4.69) is 82.8 Å². The molecule has 2 aliphatic rings. The van der Waals surface area contributed by atoms with Gasteiger partial charge in [-0.15, -0.1) is 0 Å². The van der Waals surface area contributed by atoms with Crippen LogP contribution in [-0.2, 0) is 6.61 Å². The van der Waals surface area contributed by atoms with Crippen molar-refractivity contribution in [3.8, 4) is 11.5 Å². The zero-order chi connectivity index (χ0) is 26.8. The highest BCUT2D eigenvalue weighted by Gasteiger charge is 2.37. The van der Waals surface area contributed by atoms with Crippen LogP contribution >= 0.6 is 15.9 Å². The fourth-order valence-corrected chi connectivity index (χ4v) is 6.22. The lowest BCUT2D eigenvalue weighted by Gasteiger charge is -2.37. The van der Waals surface area contributed by atoms with Crippen LogP contribution in [0.15, 0.2) is 107 Å². The van der Waals surface area contributed by atoms with Gasteiger partial charge >= 0.3 is 0 Å². The van der Waals surface area contributed by atoms with E-state index in [1.807, 2.05) is 48.7 Å². The molecule has 4 aromatic carbocycles. The summed E-state index contributed by atoms with van der Waals surface area (Å²) in [7, 11) is 1.65. The van der Waals surface area contributed by atoms with E-state index in [-0.39, 0.29) is 6.04 Å². The predicted molar refractivity (Wildman–Crippen MR) is 163 cm³/mol. The van der Waals surface area contributed by atoms with Gasteiger partial charge in [0.05, 0.1) is 23.3 Å². The third-order valence-electron chi connectivity index (χ3n) is 7.61. The number of rotatable bonds is 7. The van der Waals surface area contributed by atoms with Crippen molar-refractivity contribution in [3.05, 3.63) is 129 Å². The lowest BCUT2D eigenvalue weighted by Crippen LogP contribution is -2.29. The summed E-state index contributed by atoms with van der Waals surface area (Å²) in [6.07, 6.45) is 7.68. The number of methoxy groups -OCH3 is 1. The third kappa shape index (κ3) is 5.37. The summed E-state index contributed by atoms with van der Waals surface area (Å²) in [5, 5.41) is 3.82. The van der Waals surface area contributed by atoms with Crippen molar-refractivity contribution in [2.45, 2.75) is 31.9 Å². The minimum absolute atomic E-state index is 0.280. The first-order chi connectivity index (χ1) is 19.1. The van der Waals surface area contributed by atoms with E-state index >= 15 is 0 Å². The molecule has 3 atom stereocenters. The number of aryl methyl sites for hydroxylation is 1. The van der Waals surface area contributed by atoms with Gasteiger partial charge in [0, 0.05) is 17.8 Å². The molecule has 196 valence electrons. The van der Waals surface area contributed by atoms with Crippen LogP contribution in [0, 0.1) is 12.8 Å². The summed E-state index contributed by atoms with van der Waals surface area (Å²) in [5.41, 5.74) is 8.21. The molecule has 4 aromatic rings. The van der Waals surface area contributed by atoms with Gasteiger partial charge in [-0.05, 0) is 87.8 Å². The van der Waals surface area contributed by atoms with Crippen molar-refractivity contribution in [1.82, 2.24) is 0 Å². The molecule has 39 heavy (non-hydrogen) atoms. The van der Waals surface area contributed by atoms with Crippen LogP contribution in [0.1, 0.15) is 46.2 Å². The smallest absolute Gasteiger partial charge is 0.175 e. The fourth-order valence-electron chi connectivity index (χ4n) is 5.64. The Morgan fingerprint density at radius 1 is 1.00 bits per heavy atom. The standard InChI is InChI=1S/C34H31BrN2O2/c1-22-11-16-31-29(17-22)27-9-6-10-28(27)33(37-31)25-12-14-26(15-13-25)36-20-24-18-30(35)34(32(19-24)38-2)39-21-23-7-4-3-5-8-23/h3-9,11-20,27-28,33,37H,10,21H2,1-2H3/t27-,28+,33+/m1/s1. The Morgan fingerprint density at radius 3 is 2.62 bits per heavy atom. The molecule has 0 saturated heterocycles. The highest BCUT2D eigenvalue weighted by Crippen LogP contribution is 2.50. The van der Waals surface area contributed by atoms with E-state index in [9.17, 15) is 0 Å². The molecule has 0 amide bonds. The number of hydrogen-bond acceptors (Lipinski definition) is 4. The molecule has 0 saturated carbocycles. The maximum atomic E-state index is 6.06. The SMILES string of the molecule is COc1cc(C=Nc2ccc([C@@H]3Nc4ccc(C)cc4[C@@H]4C=CC[C@@H]43)cc2)cc(Br)c1OCc1ccccc1. The first-order valence-electron chi connectivity index (χ1n) is 13.3. The Morgan fingerprint density at radius 2 is 1.82 bits per heavy atom. The van der Waals surface area contributed by atoms with Crippen molar-refractivity contribution < 1.29 is 9.47 Å². The van der Waals surface area contributed by atoms with Crippen molar-refractivity contribution in [2.24, 2.45) is 10.9 Å². The monoisotopic (exact) mass is 578 g/mol. The summed E-state index contributed by atoms with van der Waals surface area (Å²) in [6.45, 7) is 2.64. The van der Waals surface area contributed by atoms with E-state index < -0.39 is 0 Å². The zero-order valence-corrected chi connectivity index (χ0v) is 23.7. The molecule has 0 unspecified atom stereocenters. The molecule has 4 nitrogen and oxygen atoms in total. The van der Waals surface area contributed by atoms with Gasteiger partial charge in [0.15, 0.2) is 11.5 Å². The number of allylic oxidation sites excluding steroid dienone is 2. The number of benzene rings is 4. The van der Waals surface area contributed by atoms with Crippen LogP contribution in [0.3, 0.4) is 0 Å². The van der Waals surface area contributed by atoms with Gasteiger partial charge in [-0.2, -0.15) is 0 Å². The predicted octanol–water partition coefficient (Wildman–Crippen LogP) is 8.92. The second-order valence-electron chi connectivity index (χ2n) is 10.2. The highest BCUT2D eigenvalue weighted by molar-refractivity contribution is 9.10. The summed E-state index contributed by atoms with van der Waals surface area (Å²) < 4.78 is 12.5. The summed E-state index contributed by atoms with van der Waals surface area (Å²) in [6, 6.07) is 29.7. The van der Waals surface area contributed by atoms with Crippen molar-refractivity contribution in [1.29, 1.82) is 0 Å². The van der Waals surface area contributed by atoms with Crippen molar-refractivity contribution in [3.63, 3.8) is 0 Å². The fraction of sp³-hybridized carbons (Fsp3) is 0.206. The molecular weight excluding hydrogens is 548 g/mol. The minimum atomic E-state index is 0.280. The van der Waals surface area contributed by atoms with Crippen LogP contribution < -0.4 is 14.8 Å². The lowest BCUT2D eigenvalue weighted by atomic mass is 9.76. The molecular formula is C34H31BrN2O2. The molecule has 1 heterocycles. The number of nitrogens with zero attached hydrogens (tertiary/aromatic N) is 1. The van der Waals surface area contributed by atoms with Crippen LogP contribution in [0.4, 0.5) is 11.4 Å². The average molecular weight is 580 g/mol. The van der Waals surface area contributed by atoms with Gasteiger partial charge in [0.25, 0.3) is 0 Å². The number of nitrogens with one attached hydrogen (secondary N) is 1. The quantitative estimate of drug-likeness (QED) is 0.176. The second kappa shape index (κ2) is 11.1. The van der Waals surface area contributed by atoms with Crippen molar-refractivity contribution >= 4 is 33.5 Å². The van der Waals surface area contributed by atoms with Gasteiger partial charge in [0.1, 0.15) is 6.61 Å². The van der Waals surface area contributed by atoms with E-state index in [0.717, 1.165) is 27.7 Å². The van der Waals surface area contributed by atoms with Crippen LogP contribution in [0.2, 0.25) is 0 Å². The molecule has 0 spiro atoms. The first kappa shape index (κ1) is 25.4. The van der Waals surface area contributed by atoms with Crippen LogP contribution in [-0.4, -0.2) is 13.3 Å². The molecule has 0 aromatic heterocycles. The van der Waals surface area contributed by atoms with E-state index in [1.54, 1.807) is 7.11 Å². The molecule has 5 heteroatoms. The largest absolute Gasteiger partial charge is 0.493 e. The zero-order valence-electron chi connectivity index (χ0n) is 22.1. The van der Waals surface area contributed by atoms with Gasteiger partial charge in [-0.1, -0.05) is 72.3 Å². The first-order valence-corrected chi connectivity index (χ1v) is 14.1. The highest BCUT2D eigenvalue weighted by atomic mass is 79.9. The molecule has 1 aliphatic carbocycles. The van der Waals surface area contributed by atoms with Gasteiger partial charge in [0.2, 0.25) is 0 Å².